The molecule has 0 spiro atoms. The summed E-state index contributed by atoms with van der Waals surface area (Å²) in [4.78, 5) is 12.6. The van der Waals surface area contributed by atoms with Crippen LogP contribution in [0.4, 0.5) is 5.69 Å². The van der Waals surface area contributed by atoms with Gasteiger partial charge in [-0.15, -0.1) is 10.2 Å². The number of nitrogens with one attached hydrogen (secondary N) is 1. The molecule has 1 amide bonds. The molecule has 0 saturated carbocycles. The Morgan fingerprint density at radius 2 is 1.66 bits per heavy atom. The fourth-order valence-corrected chi connectivity index (χ4v) is 3.82. The second-order valence-corrected chi connectivity index (χ2v) is 8.09. The topological polar surface area (TPSA) is 104 Å². The Labute approximate surface area is 204 Å². The second-order valence-electron chi connectivity index (χ2n) is 8.09. The Morgan fingerprint density at radius 3 is 2.37 bits per heavy atom. The number of methoxy groups -OCH3 is 2. The largest absolute Gasteiger partial charge is 0.497 e. The number of anilines is 1. The Morgan fingerprint density at radius 1 is 0.914 bits per heavy atom. The molecule has 4 rings (SSSR count). The lowest BCUT2D eigenvalue weighted by molar-refractivity contribution is 0.0949. The molecular formula is C27H29N5O3. The van der Waals surface area contributed by atoms with Gasteiger partial charge in [0.1, 0.15) is 17.3 Å². The molecule has 35 heavy (non-hydrogen) atoms. The van der Waals surface area contributed by atoms with Crippen molar-refractivity contribution in [1.29, 1.82) is 0 Å². The number of hydrogen-bond donors (Lipinski definition) is 2. The molecule has 3 aromatic carbocycles. The van der Waals surface area contributed by atoms with Gasteiger partial charge in [-0.1, -0.05) is 30.3 Å². The van der Waals surface area contributed by atoms with E-state index in [0.29, 0.717) is 35.8 Å². The lowest BCUT2D eigenvalue weighted by Crippen LogP contribution is -2.25. The molecule has 3 N–H and O–H groups in total. The van der Waals surface area contributed by atoms with Crippen molar-refractivity contribution in [3.8, 4) is 11.5 Å². The van der Waals surface area contributed by atoms with Crippen LogP contribution in [0.1, 0.15) is 33.1 Å². The van der Waals surface area contributed by atoms with E-state index in [-0.39, 0.29) is 12.5 Å². The first-order valence-corrected chi connectivity index (χ1v) is 11.4. The van der Waals surface area contributed by atoms with Gasteiger partial charge in [-0.3, -0.25) is 4.79 Å². The summed E-state index contributed by atoms with van der Waals surface area (Å²) in [5.74, 6) is 2.73. The van der Waals surface area contributed by atoms with Gasteiger partial charge in [0.25, 0.3) is 5.91 Å². The Kier molecular flexibility index (Phi) is 7.62. The van der Waals surface area contributed by atoms with Crippen LogP contribution >= 0.6 is 0 Å². The number of nitrogens with two attached hydrogens (primary N) is 1. The highest BCUT2D eigenvalue weighted by Gasteiger charge is 2.16. The number of nitrogens with zero attached hydrogens (tertiary/aromatic N) is 3. The van der Waals surface area contributed by atoms with Crippen molar-refractivity contribution in [3.05, 3.63) is 101 Å². The van der Waals surface area contributed by atoms with Gasteiger partial charge in [0, 0.05) is 29.3 Å². The molecule has 0 aliphatic heterocycles. The van der Waals surface area contributed by atoms with Crippen molar-refractivity contribution >= 4 is 11.6 Å². The molecule has 1 aromatic heterocycles. The molecule has 4 aromatic rings. The average Bonchev–Trinajstić information content (AvgIpc) is 3.28. The zero-order valence-corrected chi connectivity index (χ0v) is 19.9. The second kappa shape index (κ2) is 11.2. The van der Waals surface area contributed by atoms with Gasteiger partial charge in [-0.25, -0.2) is 0 Å². The van der Waals surface area contributed by atoms with E-state index in [9.17, 15) is 4.79 Å². The summed E-state index contributed by atoms with van der Waals surface area (Å²) in [6.07, 6.45) is 1.54. The number of ether oxygens (including phenoxy) is 2. The van der Waals surface area contributed by atoms with Crippen molar-refractivity contribution < 1.29 is 14.3 Å². The molecule has 0 unspecified atom stereocenters. The number of hydrogen-bond acceptors (Lipinski definition) is 6. The van der Waals surface area contributed by atoms with E-state index in [1.807, 2.05) is 41.0 Å². The first-order chi connectivity index (χ1) is 17.1. The number of rotatable bonds is 10. The van der Waals surface area contributed by atoms with Crippen molar-refractivity contribution in [2.24, 2.45) is 0 Å². The fraction of sp³-hybridized carbons (Fsp3) is 0.222. The van der Waals surface area contributed by atoms with Crippen molar-refractivity contribution in [2.75, 3.05) is 20.0 Å². The van der Waals surface area contributed by atoms with Crippen LogP contribution in [0.3, 0.4) is 0 Å². The smallest absolute Gasteiger partial charge is 0.251 e. The van der Waals surface area contributed by atoms with E-state index in [1.54, 1.807) is 38.5 Å². The van der Waals surface area contributed by atoms with Crippen LogP contribution in [0, 0.1) is 0 Å². The third kappa shape index (κ3) is 5.97. The number of carbonyl (C=O) groups is 1. The molecule has 1 heterocycles. The van der Waals surface area contributed by atoms with Gasteiger partial charge in [0.15, 0.2) is 5.82 Å². The number of aryl methyl sites for hydroxylation is 2. The van der Waals surface area contributed by atoms with Crippen molar-refractivity contribution in [1.82, 2.24) is 20.1 Å². The molecular weight excluding hydrogens is 442 g/mol. The molecule has 0 saturated heterocycles. The summed E-state index contributed by atoms with van der Waals surface area (Å²) in [5, 5.41) is 11.8. The SMILES string of the molecule is COc1ccc(Cn2c(CCc3ccccc3)nnc2CNC(=O)c2ccc(N)cc2)c(OC)c1. The zero-order valence-electron chi connectivity index (χ0n) is 19.9. The number of amides is 1. The Balaban J connectivity index is 1.57. The first-order valence-electron chi connectivity index (χ1n) is 11.4. The number of benzene rings is 3. The van der Waals surface area contributed by atoms with Gasteiger partial charge in [0.05, 0.1) is 27.3 Å². The molecule has 180 valence electrons. The maximum Gasteiger partial charge on any atom is 0.251 e. The number of nitrogen functional groups attached to an aromatic ring is 1. The highest BCUT2D eigenvalue weighted by Crippen LogP contribution is 2.26. The molecule has 0 atom stereocenters. The van der Waals surface area contributed by atoms with Crippen molar-refractivity contribution in [3.63, 3.8) is 0 Å². The van der Waals surface area contributed by atoms with Crippen LogP contribution in [0.15, 0.2) is 72.8 Å². The zero-order chi connectivity index (χ0) is 24.6. The van der Waals surface area contributed by atoms with Crippen LogP contribution in [0.5, 0.6) is 11.5 Å². The van der Waals surface area contributed by atoms with Crippen molar-refractivity contribution in [2.45, 2.75) is 25.9 Å². The van der Waals surface area contributed by atoms with Crippen LogP contribution in [-0.4, -0.2) is 34.9 Å². The van der Waals surface area contributed by atoms with Crippen LogP contribution in [0.25, 0.3) is 0 Å². The molecule has 0 aliphatic rings. The van der Waals surface area contributed by atoms with E-state index < -0.39 is 0 Å². The molecule has 0 bridgehead atoms. The summed E-state index contributed by atoms with van der Waals surface area (Å²) in [7, 11) is 3.26. The highest BCUT2D eigenvalue weighted by atomic mass is 16.5. The molecule has 0 radical (unpaired) electrons. The minimum absolute atomic E-state index is 0.201. The number of aromatic nitrogens is 3. The summed E-state index contributed by atoms with van der Waals surface area (Å²) < 4.78 is 13.0. The normalized spacial score (nSPS) is 10.7. The standard InChI is InChI=1S/C27H29N5O3/c1-34-23-14-11-21(24(16-23)35-2)18-32-25(15-8-19-6-4-3-5-7-19)30-31-26(32)17-29-27(33)20-9-12-22(28)13-10-20/h3-7,9-14,16H,8,15,17-18,28H2,1-2H3,(H,29,33). The maximum atomic E-state index is 12.6. The van der Waals surface area contributed by atoms with E-state index in [1.165, 1.54) is 5.56 Å². The lowest BCUT2D eigenvalue weighted by atomic mass is 10.1. The predicted octanol–water partition coefficient (Wildman–Crippen LogP) is 3.64. The Hall–Kier alpha value is -4.33. The molecule has 0 fully saturated rings. The quantitative estimate of drug-likeness (QED) is 0.342. The third-order valence-electron chi connectivity index (χ3n) is 5.79. The fourth-order valence-electron chi connectivity index (χ4n) is 3.82. The van der Waals surface area contributed by atoms with Crippen LogP contribution < -0.4 is 20.5 Å². The predicted molar refractivity (Wildman–Crippen MR) is 135 cm³/mol. The highest BCUT2D eigenvalue weighted by molar-refractivity contribution is 5.94. The summed E-state index contributed by atoms with van der Waals surface area (Å²) in [6, 6.07) is 22.8. The summed E-state index contributed by atoms with van der Waals surface area (Å²) in [6.45, 7) is 0.734. The molecule has 8 nitrogen and oxygen atoms in total. The first kappa shape index (κ1) is 23.8. The summed E-state index contributed by atoms with van der Waals surface area (Å²) in [5.41, 5.74) is 9.05. The van der Waals surface area contributed by atoms with Gasteiger partial charge in [0.2, 0.25) is 0 Å². The van der Waals surface area contributed by atoms with Gasteiger partial charge >= 0.3 is 0 Å². The van der Waals surface area contributed by atoms with Gasteiger partial charge in [-0.05, 0) is 48.4 Å². The van der Waals surface area contributed by atoms with Gasteiger partial charge in [-0.2, -0.15) is 0 Å². The van der Waals surface area contributed by atoms with Gasteiger partial charge < -0.3 is 25.1 Å². The minimum Gasteiger partial charge on any atom is -0.497 e. The van der Waals surface area contributed by atoms with E-state index in [2.05, 4.69) is 27.6 Å². The molecule has 0 aliphatic carbocycles. The number of carbonyl (C=O) groups excluding carboxylic acids is 1. The third-order valence-corrected chi connectivity index (χ3v) is 5.79. The summed E-state index contributed by atoms with van der Waals surface area (Å²) >= 11 is 0. The van der Waals surface area contributed by atoms with E-state index in [0.717, 1.165) is 23.6 Å². The lowest BCUT2D eigenvalue weighted by Gasteiger charge is -2.15. The monoisotopic (exact) mass is 471 g/mol. The molecule has 8 heteroatoms. The maximum absolute atomic E-state index is 12.6. The van der Waals surface area contributed by atoms with E-state index >= 15 is 0 Å². The van der Waals surface area contributed by atoms with Crippen LogP contribution in [-0.2, 0) is 25.9 Å². The average molecular weight is 472 g/mol. The minimum atomic E-state index is -0.201. The van der Waals surface area contributed by atoms with E-state index in [4.69, 9.17) is 15.2 Å². The Bertz CT molecular complexity index is 1270. The van der Waals surface area contributed by atoms with Crippen LogP contribution in [0.2, 0.25) is 0 Å².